The van der Waals surface area contributed by atoms with Crippen molar-refractivity contribution in [3.63, 3.8) is 0 Å². The average molecular weight is 376 g/mol. The Morgan fingerprint density at radius 3 is 2.46 bits per heavy atom. The Balaban J connectivity index is 0.00000243. The summed E-state index contributed by atoms with van der Waals surface area (Å²) in [7, 11) is 0. The summed E-state index contributed by atoms with van der Waals surface area (Å²) in [4.78, 5) is 24.8. The van der Waals surface area contributed by atoms with Crippen LogP contribution >= 0.6 is 12.4 Å². The molecule has 5 nitrogen and oxygen atoms in total. The SMILES string of the molecule is Cl.O=C(O)C1CCN(C(=O)CCOc2ccccc2-c2ccccc2)C1. The standard InChI is InChI=1S/C20H21NO4.ClH/c22-19(21-12-10-16(14-21)20(23)24)11-13-25-18-9-5-4-8-17(18)15-6-2-1-3-7-15;/h1-9,16H,10-14H2,(H,23,24);1H. The number of aliphatic carboxylic acids is 1. The Labute approximate surface area is 159 Å². The number of para-hydroxylation sites is 1. The smallest absolute Gasteiger partial charge is 0.308 e. The van der Waals surface area contributed by atoms with Gasteiger partial charge >= 0.3 is 5.97 Å². The topological polar surface area (TPSA) is 66.8 Å². The first kappa shape index (κ1) is 19.8. The van der Waals surface area contributed by atoms with Crippen molar-refractivity contribution in [3.05, 3.63) is 54.6 Å². The molecule has 138 valence electrons. The fourth-order valence-electron chi connectivity index (χ4n) is 3.04. The molecule has 0 saturated carbocycles. The van der Waals surface area contributed by atoms with Crippen LogP contribution in [0, 0.1) is 5.92 Å². The predicted molar refractivity (Wildman–Crippen MR) is 102 cm³/mol. The summed E-state index contributed by atoms with van der Waals surface area (Å²) < 4.78 is 5.83. The Morgan fingerprint density at radius 2 is 1.77 bits per heavy atom. The second-order valence-electron chi connectivity index (χ2n) is 6.12. The van der Waals surface area contributed by atoms with E-state index in [0.29, 0.717) is 19.5 Å². The van der Waals surface area contributed by atoms with Crippen LogP contribution < -0.4 is 4.74 Å². The van der Waals surface area contributed by atoms with Crippen LogP contribution in [-0.2, 0) is 9.59 Å². The number of amides is 1. The normalized spacial score (nSPS) is 16.0. The maximum atomic E-state index is 12.2. The lowest BCUT2D eigenvalue weighted by molar-refractivity contribution is -0.141. The van der Waals surface area contributed by atoms with Gasteiger partial charge in [0.05, 0.1) is 18.9 Å². The number of ether oxygens (including phenoxy) is 1. The lowest BCUT2D eigenvalue weighted by Crippen LogP contribution is -2.30. The maximum absolute atomic E-state index is 12.2. The molecule has 0 bridgehead atoms. The molecule has 0 aliphatic carbocycles. The van der Waals surface area contributed by atoms with Crippen molar-refractivity contribution >= 4 is 24.3 Å². The van der Waals surface area contributed by atoms with Gasteiger partial charge in [-0.3, -0.25) is 9.59 Å². The zero-order valence-electron chi connectivity index (χ0n) is 14.3. The number of hydrogen-bond acceptors (Lipinski definition) is 3. The van der Waals surface area contributed by atoms with E-state index < -0.39 is 11.9 Å². The van der Waals surface area contributed by atoms with Gasteiger partial charge in [-0.15, -0.1) is 12.4 Å². The van der Waals surface area contributed by atoms with Gasteiger partial charge in [-0.2, -0.15) is 0 Å². The summed E-state index contributed by atoms with van der Waals surface area (Å²) in [6, 6.07) is 17.7. The molecule has 26 heavy (non-hydrogen) atoms. The molecule has 2 aromatic carbocycles. The third-order valence-corrected chi connectivity index (χ3v) is 4.44. The molecule has 0 radical (unpaired) electrons. The number of hydrogen-bond donors (Lipinski definition) is 1. The second-order valence-corrected chi connectivity index (χ2v) is 6.12. The Hall–Kier alpha value is -2.53. The molecule has 1 aliphatic rings. The first-order valence-corrected chi connectivity index (χ1v) is 8.43. The molecular formula is C20H22ClNO4. The fourth-order valence-corrected chi connectivity index (χ4v) is 3.04. The largest absolute Gasteiger partial charge is 0.492 e. The van der Waals surface area contributed by atoms with Crippen molar-refractivity contribution in [2.24, 2.45) is 5.92 Å². The molecule has 1 atom stereocenters. The first-order chi connectivity index (χ1) is 12.1. The van der Waals surface area contributed by atoms with Gasteiger partial charge in [0.1, 0.15) is 5.75 Å². The van der Waals surface area contributed by atoms with E-state index in [-0.39, 0.29) is 31.3 Å². The summed E-state index contributed by atoms with van der Waals surface area (Å²) in [5.74, 6) is -0.584. The van der Waals surface area contributed by atoms with Gasteiger partial charge in [0, 0.05) is 18.7 Å². The van der Waals surface area contributed by atoms with Crippen molar-refractivity contribution in [1.82, 2.24) is 4.90 Å². The van der Waals surface area contributed by atoms with E-state index in [4.69, 9.17) is 9.84 Å². The van der Waals surface area contributed by atoms with Crippen molar-refractivity contribution < 1.29 is 19.4 Å². The molecule has 6 heteroatoms. The van der Waals surface area contributed by atoms with Crippen LogP contribution in [0.5, 0.6) is 5.75 Å². The minimum Gasteiger partial charge on any atom is -0.492 e. The van der Waals surface area contributed by atoms with E-state index in [1.165, 1.54) is 0 Å². The Morgan fingerprint density at radius 1 is 1.08 bits per heavy atom. The van der Waals surface area contributed by atoms with E-state index in [0.717, 1.165) is 16.9 Å². The summed E-state index contributed by atoms with van der Waals surface area (Å²) in [5.41, 5.74) is 2.05. The molecular weight excluding hydrogens is 354 g/mol. The third kappa shape index (κ3) is 4.76. The van der Waals surface area contributed by atoms with Gasteiger partial charge < -0.3 is 14.7 Å². The number of carboxylic acids is 1. The van der Waals surface area contributed by atoms with Crippen molar-refractivity contribution in [1.29, 1.82) is 0 Å². The molecule has 3 rings (SSSR count). The Kier molecular flexibility index (Phi) is 7.04. The zero-order chi connectivity index (χ0) is 17.6. The highest BCUT2D eigenvalue weighted by Gasteiger charge is 2.30. The number of halogens is 1. The highest BCUT2D eigenvalue weighted by molar-refractivity contribution is 5.85. The lowest BCUT2D eigenvalue weighted by Gasteiger charge is -2.16. The number of rotatable bonds is 6. The van der Waals surface area contributed by atoms with E-state index in [9.17, 15) is 9.59 Å². The minimum absolute atomic E-state index is 0. The van der Waals surface area contributed by atoms with E-state index in [2.05, 4.69) is 0 Å². The van der Waals surface area contributed by atoms with Crippen LogP contribution in [0.25, 0.3) is 11.1 Å². The van der Waals surface area contributed by atoms with E-state index in [1.807, 2.05) is 54.6 Å². The number of benzene rings is 2. The predicted octanol–water partition coefficient (Wildman–Crippen LogP) is 3.48. The number of carbonyl (C=O) groups excluding carboxylic acids is 1. The lowest BCUT2D eigenvalue weighted by atomic mass is 10.1. The molecule has 1 unspecified atom stereocenters. The molecule has 1 amide bonds. The molecule has 2 aromatic rings. The van der Waals surface area contributed by atoms with E-state index in [1.54, 1.807) is 4.90 Å². The van der Waals surface area contributed by atoms with Crippen LogP contribution in [0.2, 0.25) is 0 Å². The molecule has 0 aromatic heterocycles. The number of carbonyl (C=O) groups is 2. The van der Waals surface area contributed by atoms with Crippen molar-refractivity contribution in [3.8, 4) is 16.9 Å². The zero-order valence-corrected chi connectivity index (χ0v) is 15.2. The second kappa shape index (κ2) is 9.25. The highest BCUT2D eigenvalue weighted by atomic mass is 35.5. The van der Waals surface area contributed by atoms with Gasteiger partial charge in [0.25, 0.3) is 0 Å². The number of likely N-dealkylation sites (tertiary alicyclic amines) is 1. The summed E-state index contributed by atoms with van der Waals surface area (Å²) in [6.07, 6.45) is 0.772. The molecule has 1 heterocycles. The summed E-state index contributed by atoms with van der Waals surface area (Å²) >= 11 is 0. The third-order valence-electron chi connectivity index (χ3n) is 4.44. The fraction of sp³-hybridized carbons (Fsp3) is 0.300. The molecule has 1 fully saturated rings. The summed E-state index contributed by atoms with van der Waals surface area (Å²) in [6.45, 7) is 1.09. The van der Waals surface area contributed by atoms with Crippen LogP contribution in [-0.4, -0.2) is 41.6 Å². The van der Waals surface area contributed by atoms with Crippen LogP contribution in [0.3, 0.4) is 0 Å². The van der Waals surface area contributed by atoms with Crippen LogP contribution in [0.1, 0.15) is 12.8 Å². The van der Waals surface area contributed by atoms with Crippen LogP contribution in [0.4, 0.5) is 0 Å². The van der Waals surface area contributed by atoms with Gasteiger partial charge in [-0.05, 0) is 18.1 Å². The monoisotopic (exact) mass is 375 g/mol. The molecule has 0 spiro atoms. The highest BCUT2D eigenvalue weighted by Crippen LogP contribution is 2.29. The Bertz CT molecular complexity index is 750. The summed E-state index contributed by atoms with van der Waals surface area (Å²) in [5, 5.41) is 9.01. The molecule has 1 saturated heterocycles. The maximum Gasteiger partial charge on any atom is 0.308 e. The van der Waals surface area contributed by atoms with Crippen LogP contribution in [0.15, 0.2) is 54.6 Å². The van der Waals surface area contributed by atoms with Gasteiger partial charge in [0.15, 0.2) is 0 Å². The number of carboxylic acid groups (broad SMARTS) is 1. The van der Waals surface area contributed by atoms with Crippen molar-refractivity contribution in [2.75, 3.05) is 19.7 Å². The van der Waals surface area contributed by atoms with Gasteiger partial charge in [-0.25, -0.2) is 0 Å². The van der Waals surface area contributed by atoms with E-state index >= 15 is 0 Å². The van der Waals surface area contributed by atoms with Gasteiger partial charge in [0.2, 0.25) is 5.91 Å². The number of nitrogens with zero attached hydrogens (tertiary/aromatic N) is 1. The minimum atomic E-state index is -0.830. The van der Waals surface area contributed by atoms with Crippen molar-refractivity contribution in [2.45, 2.75) is 12.8 Å². The quantitative estimate of drug-likeness (QED) is 0.839. The first-order valence-electron chi connectivity index (χ1n) is 8.43. The average Bonchev–Trinajstić information content (AvgIpc) is 3.13. The van der Waals surface area contributed by atoms with Gasteiger partial charge in [-0.1, -0.05) is 48.5 Å². The molecule has 1 aliphatic heterocycles. The molecule has 1 N–H and O–H groups in total.